The first-order chi connectivity index (χ1) is 13.2. The van der Waals surface area contributed by atoms with Crippen LogP contribution >= 0.6 is 11.6 Å². The highest BCUT2D eigenvalue weighted by atomic mass is 35.5. The molecule has 1 aliphatic carbocycles. The molecule has 2 unspecified atom stereocenters. The van der Waals surface area contributed by atoms with Gasteiger partial charge in [0.25, 0.3) is 0 Å². The fraction of sp³-hybridized carbons (Fsp3) is 0.591. The average Bonchev–Trinajstić information content (AvgIpc) is 3.30. The summed E-state index contributed by atoms with van der Waals surface area (Å²) >= 11 is 6.36. The minimum Gasteiger partial charge on any atom is -0.403 e. The third kappa shape index (κ3) is 2.90. The van der Waals surface area contributed by atoms with Crippen molar-refractivity contribution in [2.24, 2.45) is 5.92 Å². The molecule has 0 N–H and O–H groups in total. The summed E-state index contributed by atoms with van der Waals surface area (Å²) in [7, 11) is -0.0710. The van der Waals surface area contributed by atoms with Gasteiger partial charge in [-0.3, -0.25) is 9.88 Å². The molecule has 2 aromatic rings. The zero-order valence-electron chi connectivity index (χ0n) is 17.2. The van der Waals surface area contributed by atoms with E-state index in [0.717, 1.165) is 42.0 Å². The van der Waals surface area contributed by atoms with Crippen molar-refractivity contribution in [2.45, 2.75) is 63.6 Å². The number of piperidine rings is 1. The van der Waals surface area contributed by atoms with Crippen LogP contribution in [0.2, 0.25) is 10.3 Å². The number of halogens is 1. The molecule has 1 saturated carbocycles. The molecule has 5 rings (SSSR count). The quantitative estimate of drug-likeness (QED) is 0.685. The fourth-order valence-corrected chi connectivity index (χ4v) is 5.19. The van der Waals surface area contributed by atoms with Crippen molar-refractivity contribution in [2.75, 3.05) is 13.1 Å². The van der Waals surface area contributed by atoms with Gasteiger partial charge in [0.2, 0.25) is 0 Å². The lowest BCUT2D eigenvalue weighted by atomic mass is 9.63. The van der Waals surface area contributed by atoms with E-state index < -0.39 is 0 Å². The van der Waals surface area contributed by atoms with Crippen LogP contribution in [0, 0.1) is 5.92 Å². The molecule has 3 fully saturated rings. The van der Waals surface area contributed by atoms with Gasteiger partial charge in [-0.05, 0) is 76.8 Å². The van der Waals surface area contributed by atoms with Gasteiger partial charge in [-0.2, -0.15) is 0 Å². The fourth-order valence-electron chi connectivity index (χ4n) is 4.94. The Hall–Kier alpha value is -1.14. The van der Waals surface area contributed by atoms with Gasteiger partial charge >= 0.3 is 7.12 Å². The topological polar surface area (TPSA) is 34.6 Å². The van der Waals surface area contributed by atoms with Crippen LogP contribution < -0.4 is 0 Å². The van der Waals surface area contributed by atoms with E-state index in [-0.39, 0.29) is 23.6 Å². The summed E-state index contributed by atoms with van der Waals surface area (Å²) < 4.78 is 12.8. The lowest BCUT2D eigenvalue weighted by Gasteiger charge is -2.32. The predicted molar refractivity (Wildman–Crippen MR) is 114 cm³/mol. The molecule has 6 heteroatoms. The van der Waals surface area contributed by atoms with Crippen LogP contribution in [0.4, 0.5) is 0 Å². The molecule has 28 heavy (non-hydrogen) atoms. The van der Waals surface area contributed by atoms with E-state index in [0.29, 0.717) is 5.92 Å². The Morgan fingerprint density at radius 1 is 1.21 bits per heavy atom. The third-order valence-corrected chi connectivity index (χ3v) is 7.73. The maximum Gasteiger partial charge on any atom is 0.464 e. The van der Waals surface area contributed by atoms with Crippen molar-refractivity contribution in [1.82, 2.24) is 9.88 Å². The van der Waals surface area contributed by atoms with Crippen LogP contribution in [0.25, 0.3) is 10.9 Å². The monoisotopic (exact) mass is 398 g/mol. The van der Waals surface area contributed by atoms with Crippen LogP contribution in [0.15, 0.2) is 30.5 Å². The molecule has 3 aliphatic rings. The van der Waals surface area contributed by atoms with Gasteiger partial charge in [0.1, 0.15) is 0 Å². The first-order valence-corrected chi connectivity index (χ1v) is 10.7. The van der Waals surface area contributed by atoms with Crippen LogP contribution in [0.3, 0.4) is 0 Å². The normalized spacial score (nSPS) is 31.2. The predicted octanol–water partition coefficient (Wildman–Crippen LogP) is 4.95. The van der Waals surface area contributed by atoms with Crippen LogP contribution in [0.1, 0.15) is 46.1 Å². The standard InChI is InChI=1S/C22H28BClN2O2/c1-20(2)21(3,4)28-23(27-20)22-7-9-26(14-17(22)12-22)13-16-11-18(24)10-15-6-5-8-25-19(15)16/h5-6,8,10-11,17H,7,9,12-14H2,1-4H3. The maximum atomic E-state index is 6.41. The maximum absolute atomic E-state index is 6.41. The number of nitrogens with zero attached hydrogens (tertiary/aromatic N) is 2. The van der Waals surface area contributed by atoms with Crippen molar-refractivity contribution in [3.8, 4) is 0 Å². The molecule has 2 aliphatic heterocycles. The van der Waals surface area contributed by atoms with Crippen molar-refractivity contribution in [3.05, 3.63) is 41.0 Å². The smallest absolute Gasteiger partial charge is 0.403 e. The molecule has 0 radical (unpaired) electrons. The zero-order valence-corrected chi connectivity index (χ0v) is 17.9. The van der Waals surface area contributed by atoms with Crippen LogP contribution in [-0.2, 0) is 15.9 Å². The molecule has 148 valence electrons. The summed E-state index contributed by atoms with van der Waals surface area (Å²) in [5, 5.41) is 2.10. The largest absolute Gasteiger partial charge is 0.464 e. The third-order valence-electron chi connectivity index (χ3n) is 7.52. The highest BCUT2D eigenvalue weighted by Crippen LogP contribution is 2.69. The minimum atomic E-state index is -0.248. The van der Waals surface area contributed by atoms with Crippen molar-refractivity contribution in [1.29, 1.82) is 0 Å². The summed E-state index contributed by atoms with van der Waals surface area (Å²) in [6, 6.07) is 8.11. The van der Waals surface area contributed by atoms with Crippen molar-refractivity contribution < 1.29 is 9.31 Å². The minimum absolute atomic E-state index is 0.0710. The Bertz CT molecular complexity index is 918. The number of pyridine rings is 1. The van der Waals surface area contributed by atoms with Gasteiger partial charge in [0, 0.05) is 35.0 Å². The number of hydrogen-bond acceptors (Lipinski definition) is 4. The van der Waals surface area contributed by atoms with Gasteiger partial charge in [-0.1, -0.05) is 17.7 Å². The average molecular weight is 399 g/mol. The van der Waals surface area contributed by atoms with Gasteiger partial charge in [0.15, 0.2) is 0 Å². The molecule has 1 aromatic carbocycles. The second-order valence-corrected chi connectivity index (χ2v) is 10.3. The molecule has 3 heterocycles. The number of hydrogen-bond donors (Lipinski definition) is 0. The van der Waals surface area contributed by atoms with E-state index >= 15 is 0 Å². The Kier molecular flexibility index (Phi) is 4.16. The molecule has 0 amide bonds. The van der Waals surface area contributed by atoms with Crippen LogP contribution in [-0.4, -0.2) is 41.3 Å². The van der Waals surface area contributed by atoms with E-state index in [1.54, 1.807) is 0 Å². The number of likely N-dealkylation sites (tertiary alicyclic amines) is 1. The van der Waals surface area contributed by atoms with Gasteiger partial charge < -0.3 is 9.31 Å². The number of fused-ring (bicyclic) bond motifs is 2. The second-order valence-electron chi connectivity index (χ2n) is 9.85. The first kappa shape index (κ1) is 18.9. The molecule has 0 spiro atoms. The van der Waals surface area contributed by atoms with E-state index in [4.69, 9.17) is 20.9 Å². The van der Waals surface area contributed by atoms with Gasteiger partial charge in [-0.15, -0.1) is 0 Å². The molecule has 1 aromatic heterocycles. The van der Waals surface area contributed by atoms with E-state index in [1.165, 1.54) is 12.0 Å². The molecule has 0 bridgehead atoms. The highest BCUT2D eigenvalue weighted by molar-refractivity contribution is 6.51. The van der Waals surface area contributed by atoms with Crippen molar-refractivity contribution >= 4 is 29.6 Å². The first-order valence-electron chi connectivity index (χ1n) is 10.3. The highest BCUT2D eigenvalue weighted by Gasteiger charge is 2.70. The molecule has 2 atom stereocenters. The number of rotatable bonds is 3. The Labute approximate surface area is 172 Å². The summed E-state index contributed by atoms with van der Waals surface area (Å²) in [6.07, 6.45) is 4.19. The molecular formula is C22H28BClN2O2. The number of benzene rings is 1. The van der Waals surface area contributed by atoms with E-state index in [1.807, 2.05) is 18.3 Å². The van der Waals surface area contributed by atoms with Gasteiger partial charge in [-0.25, -0.2) is 0 Å². The summed E-state index contributed by atoms with van der Waals surface area (Å²) in [5.41, 5.74) is 1.78. The Morgan fingerprint density at radius 2 is 1.96 bits per heavy atom. The Morgan fingerprint density at radius 3 is 2.68 bits per heavy atom. The van der Waals surface area contributed by atoms with E-state index in [9.17, 15) is 0 Å². The van der Waals surface area contributed by atoms with E-state index in [2.05, 4.69) is 49.7 Å². The lowest BCUT2D eigenvalue weighted by molar-refractivity contribution is 0.00578. The summed E-state index contributed by atoms with van der Waals surface area (Å²) in [6.45, 7) is 11.6. The molecular weight excluding hydrogens is 371 g/mol. The van der Waals surface area contributed by atoms with Crippen molar-refractivity contribution in [3.63, 3.8) is 0 Å². The second kappa shape index (κ2) is 6.18. The molecule has 4 nitrogen and oxygen atoms in total. The summed E-state index contributed by atoms with van der Waals surface area (Å²) in [4.78, 5) is 7.14. The lowest BCUT2D eigenvalue weighted by Crippen LogP contribution is -2.41. The number of aromatic nitrogens is 1. The SMILES string of the molecule is CC1(C)OB(C23CCN(Cc4cc(Cl)cc5cccnc45)CC2C3)OC1(C)C. The Balaban J connectivity index is 1.31. The summed E-state index contributed by atoms with van der Waals surface area (Å²) in [5.74, 6) is 0.648. The van der Waals surface area contributed by atoms with Gasteiger partial charge in [0.05, 0.1) is 16.7 Å². The van der Waals surface area contributed by atoms with Crippen LogP contribution in [0.5, 0.6) is 0 Å². The zero-order chi connectivity index (χ0) is 19.7. The molecule has 2 saturated heterocycles.